The van der Waals surface area contributed by atoms with Gasteiger partial charge in [0.2, 0.25) is 5.89 Å². The Balaban J connectivity index is 1.55. The number of aromatic nitrogens is 2. The maximum Gasteiger partial charge on any atom is 0.325 e. The number of aryl methyl sites for hydroxylation is 1. The summed E-state index contributed by atoms with van der Waals surface area (Å²) in [6, 6.07) is 6.83. The number of benzene rings is 1. The molecule has 0 bridgehead atoms. The molecule has 0 radical (unpaired) electrons. The van der Waals surface area contributed by atoms with Crippen molar-refractivity contribution in [2.75, 3.05) is 6.61 Å². The van der Waals surface area contributed by atoms with E-state index in [1.54, 1.807) is 6.07 Å². The van der Waals surface area contributed by atoms with E-state index in [2.05, 4.69) is 29.3 Å². The van der Waals surface area contributed by atoms with Gasteiger partial charge in [0.05, 0.1) is 6.61 Å². The number of urea groups is 1. The molecular formula is C19H22N4O4. The summed E-state index contributed by atoms with van der Waals surface area (Å²) < 4.78 is 10.9. The van der Waals surface area contributed by atoms with Crippen LogP contribution in [0.4, 0.5) is 4.79 Å². The third-order valence-electron chi connectivity index (χ3n) is 5.01. The molecule has 2 aliphatic rings. The van der Waals surface area contributed by atoms with Gasteiger partial charge < -0.3 is 14.6 Å². The molecule has 8 heteroatoms. The molecule has 1 aromatic heterocycles. The predicted octanol–water partition coefficient (Wildman–Crippen LogP) is 2.39. The van der Waals surface area contributed by atoms with Gasteiger partial charge in [0, 0.05) is 18.4 Å². The van der Waals surface area contributed by atoms with Crippen molar-refractivity contribution in [2.45, 2.75) is 45.2 Å². The number of hydrogen-bond acceptors (Lipinski definition) is 6. The lowest BCUT2D eigenvalue weighted by Gasteiger charge is -2.33. The number of carbonyl (C=O) groups is 2. The van der Waals surface area contributed by atoms with Crippen LogP contribution in [0.25, 0.3) is 0 Å². The molecule has 1 fully saturated rings. The van der Waals surface area contributed by atoms with Crippen LogP contribution in [-0.4, -0.2) is 33.6 Å². The van der Waals surface area contributed by atoms with Gasteiger partial charge in [-0.3, -0.25) is 9.69 Å². The molecule has 3 heterocycles. The Hall–Kier alpha value is -2.90. The van der Waals surface area contributed by atoms with E-state index in [4.69, 9.17) is 9.26 Å². The summed E-state index contributed by atoms with van der Waals surface area (Å²) in [5.41, 5.74) is -0.410. The standard InChI is InChI=1S/C19H22N4O4/c1-12(2)7-8-15-20-16(27-22-15)11-23-17(24)19(21-18(23)25)9-10-26-14-6-4-3-5-13(14)19/h3-6,12H,7-11H2,1-2H3,(H,21,25)/t19-/m1/s1. The van der Waals surface area contributed by atoms with Crippen LogP contribution in [0.1, 0.15) is 44.0 Å². The summed E-state index contributed by atoms with van der Waals surface area (Å²) in [6.07, 6.45) is 2.03. The zero-order valence-electron chi connectivity index (χ0n) is 15.4. The maximum absolute atomic E-state index is 13.2. The Bertz CT molecular complexity index is 878. The fraction of sp³-hybridized carbons (Fsp3) is 0.474. The highest BCUT2D eigenvalue weighted by molar-refractivity contribution is 6.07. The summed E-state index contributed by atoms with van der Waals surface area (Å²) in [5, 5.41) is 6.80. The van der Waals surface area contributed by atoms with E-state index in [1.807, 2.05) is 18.2 Å². The molecule has 142 valence electrons. The zero-order valence-corrected chi connectivity index (χ0v) is 15.4. The lowest BCUT2D eigenvalue weighted by molar-refractivity contribution is -0.133. The number of hydrogen-bond donors (Lipinski definition) is 1. The van der Waals surface area contributed by atoms with Crippen LogP contribution in [0.15, 0.2) is 28.8 Å². The average molecular weight is 370 g/mol. The van der Waals surface area contributed by atoms with Crippen LogP contribution in [0, 0.1) is 5.92 Å². The second kappa shape index (κ2) is 6.68. The molecule has 27 heavy (non-hydrogen) atoms. The summed E-state index contributed by atoms with van der Waals surface area (Å²) in [5.74, 6) is 1.69. The number of amides is 3. The van der Waals surface area contributed by atoms with Gasteiger partial charge in [0.15, 0.2) is 11.4 Å². The van der Waals surface area contributed by atoms with Gasteiger partial charge in [-0.25, -0.2) is 4.79 Å². The monoisotopic (exact) mass is 370 g/mol. The first-order valence-corrected chi connectivity index (χ1v) is 9.17. The first-order valence-electron chi connectivity index (χ1n) is 9.17. The first-order chi connectivity index (χ1) is 13.0. The number of para-hydroxylation sites is 1. The minimum absolute atomic E-state index is 0.0376. The Morgan fingerprint density at radius 2 is 2.11 bits per heavy atom. The zero-order chi connectivity index (χ0) is 19.0. The van der Waals surface area contributed by atoms with E-state index in [0.717, 1.165) is 11.3 Å². The van der Waals surface area contributed by atoms with Crippen LogP contribution >= 0.6 is 0 Å². The number of nitrogens with one attached hydrogen (secondary N) is 1. The third kappa shape index (κ3) is 3.05. The minimum atomic E-state index is -1.09. The van der Waals surface area contributed by atoms with Crippen LogP contribution in [-0.2, 0) is 23.3 Å². The van der Waals surface area contributed by atoms with Crippen molar-refractivity contribution in [1.29, 1.82) is 0 Å². The number of ether oxygens (including phenoxy) is 1. The van der Waals surface area contributed by atoms with Crippen LogP contribution in [0.3, 0.4) is 0 Å². The van der Waals surface area contributed by atoms with Crippen molar-refractivity contribution >= 4 is 11.9 Å². The van der Waals surface area contributed by atoms with Gasteiger partial charge in [-0.15, -0.1) is 0 Å². The normalized spacial score (nSPS) is 21.5. The number of nitrogens with zero attached hydrogens (tertiary/aromatic N) is 3. The van der Waals surface area contributed by atoms with Crippen molar-refractivity contribution in [3.8, 4) is 5.75 Å². The quantitative estimate of drug-likeness (QED) is 0.812. The van der Waals surface area contributed by atoms with Crippen molar-refractivity contribution in [1.82, 2.24) is 20.4 Å². The lowest BCUT2D eigenvalue weighted by atomic mass is 9.84. The van der Waals surface area contributed by atoms with E-state index in [-0.39, 0.29) is 18.3 Å². The summed E-state index contributed by atoms with van der Waals surface area (Å²) >= 11 is 0. The SMILES string of the molecule is CC(C)CCc1noc(CN2C(=O)N[C@@]3(CCOc4ccccc43)C2=O)n1. The molecule has 0 saturated carbocycles. The Kier molecular flexibility index (Phi) is 4.33. The molecule has 0 unspecified atom stereocenters. The van der Waals surface area contributed by atoms with E-state index in [1.165, 1.54) is 0 Å². The molecule has 2 aliphatic heterocycles. The number of carbonyl (C=O) groups excluding carboxylic acids is 2. The smallest absolute Gasteiger partial charge is 0.325 e. The Labute approximate surface area is 156 Å². The second-order valence-corrected chi connectivity index (χ2v) is 7.36. The molecule has 0 aliphatic carbocycles. The number of fused-ring (bicyclic) bond motifs is 2. The van der Waals surface area contributed by atoms with Gasteiger partial charge in [-0.05, 0) is 18.4 Å². The lowest BCUT2D eigenvalue weighted by Crippen LogP contribution is -2.47. The maximum atomic E-state index is 13.2. The third-order valence-corrected chi connectivity index (χ3v) is 5.01. The van der Waals surface area contributed by atoms with E-state index >= 15 is 0 Å². The number of imide groups is 1. The Morgan fingerprint density at radius 3 is 2.93 bits per heavy atom. The van der Waals surface area contributed by atoms with Crippen molar-refractivity contribution in [2.24, 2.45) is 5.92 Å². The highest BCUT2D eigenvalue weighted by Gasteiger charge is 2.55. The van der Waals surface area contributed by atoms with E-state index in [9.17, 15) is 9.59 Å². The molecule has 1 saturated heterocycles. The molecule has 1 aromatic carbocycles. The van der Waals surface area contributed by atoms with Crippen molar-refractivity contribution < 1.29 is 18.8 Å². The minimum Gasteiger partial charge on any atom is -0.493 e. The summed E-state index contributed by atoms with van der Waals surface area (Å²) in [4.78, 5) is 31.2. The molecular weight excluding hydrogens is 348 g/mol. The van der Waals surface area contributed by atoms with Gasteiger partial charge in [-0.1, -0.05) is 37.2 Å². The fourth-order valence-electron chi connectivity index (χ4n) is 3.52. The average Bonchev–Trinajstić information content (AvgIpc) is 3.19. The molecule has 1 spiro atoms. The molecule has 4 rings (SSSR count). The molecule has 8 nitrogen and oxygen atoms in total. The van der Waals surface area contributed by atoms with Crippen LogP contribution in [0.5, 0.6) is 5.75 Å². The molecule has 3 amide bonds. The van der Waals surface area contributed by atoms with Crippen molar-refractivity contribution in [3.05, 3.63) is 41.5 Å². The highest BCUT2D eigenvalue weighted by atomic mass is 16.5. The molecule has 1 atom stereocenters. The van der Waals surface area contributed by atoms with Crippen molar-refractivity contribution in [3.63, 3.8) is 0 Å². The second-order valence-electron chi connectivity index (χ2n) is 7.36. The van der Waals surface area contributed by atoms with Crippen LogP contribution in [0.2, 0.25) is 0 Å². The molecule has 2 aromatic rings. The summed E-state index contributed by atoms with van der Waals surface area (Å²) in [6.45, 7) is 4.57. The highest BCUT2D eigenvalue weighted by Crippen LogP contribution is 2.41. The largest absolute Gasteiger partial charge is 0.493 e. The predicted molar refractivity (Wildman–Crippen MR) is 94.8 cm³/mol. The van der Waals surface area contributed by atoms with Crippen LogP contribution < -0.4 is 10.1 Å². The van der Waals surface area contributed by atoms with E-state index in [0.29, 0.717) is 42.5 Å². The van der Waals surface area contributed by atoms with Gasteiger partial charge in [0.1, 0.15) is 12.3 Å². The first kappa shape index (κ1) is 17.5. The fourth-order valence-corrected chi connectivity index (χ4v) is 3.52. The Morgan fingerprint density at radius 1 is 1.30 bits per heavy atom. The van der Waals surface area contributed by atoms with Gasteiger partial charge >= 0.3 is 6.03 Å². The molecule has 1 N–H and O–H groups in total. The summed E-state index contributed by atoms with van der Waals surface area (Å²) in [7, 11) is 0. The topological polar surface area (TPSA) is 97.6 Å². The van der Waals surface area contributed by atoms with Gasteiger partial charge in [0.25, 0.3) is 5.91 Å². The van der Waals surface area contributed by atoms with Gasteiger partial charge in [-0.2, -0.15) is 4.98 Å². The van der Waals surface area contributed by atoms with E-state index < -0.39 is 11.6 Å². The number of rotatable bonds is 5.